The summed E-state index contributed by atoms with van der Waals surface area (Å²) in [6.45, 7) is 0.320. The van der Waals surface area contributed by atoms with Gasteiger partial charge in [-0.3, -0.25) is 14.5 Å². The van der Waals surface area contributed by atoms with Crippen molar-refractivity contribution < 1.29 is 9.59 Å². The molecule has 0 saturated heterocycles. The molecule has 1 N–H and O–H groups in total. The van der Waals surface area contributed by atoms with E-state index in [1.54, 1.807) is 7.05 Å². The molecule has 2 amide bonds. The molecule has 0 atom stereocenters. The van der Waals surface area contributed by atoms with E-state index in [9.17, 15) is 9.59 Å². The van der Waals surface area contributed by atoms with E-state index in [0.717, 1.165) is 5.56 Å². The molecule has 0 fully saturated rings. The van der Waals surface area contributed by atoms with Crippen LogP contribution < -0.4 is 5.32 Å². The molecule has 0 spiro atoms. The number of imide groups is 1. The maximum atomic E-state index is 11.7. The van der Waals surface area contributed by atoms with Gasteiger partial charge in [-0.25, -0.2) is 0 Å². The van der Waals surface area contributed by atoms with E-state index in [4.69, 9.17) is 0 Å². The number of hydrogen-bond acceptors (Lipinski definition) is 3. The molecule has 2 rings (SSSR count). The monoisotopic (exact) mass is 216 g/mol. The first kappa shape index (κ1) is 10.4. The van der Waals surface area contributed by atoms with Crippen molar-refractivity contribution in [2.45, 2.75) is 6.54 Å². The molecule has 1 aliphatic heterocycles. The number of hydrogen-bond donors (Lipinski definition) is 1. The summed E-state index contributed by atoms with van der Waals surface area (Å²) in [6.07, 6.45) is 1.32. The highest BCUT2D eigenvalue weighted by atomic mass is 16.2. The molecular weight excluding hydrogens is 204 g/mol. The van der Waals surface area contributed by atoms with Crippen LogP contribution in [0.15, 0.2) is 42.1 Å². The largest absolute Gasteiger partial charge is 0.383 e. The van der Waals surface area contributed by atoms with Crippen LogP contribution in [0.5, 0.6) is 0 Å². The lowest BCUT2D eigenvalue weighted by Gasteiger charge is -2.14. The van der Waals surface area contributed by atoms with Gasteiger partial charge >= 0.3 is 0 Å². The normalized spacial score (nSPS) is 15.3. The van der Waals surface area contributed by atoms with Crippen LogP contribution in [0.1, 0.15) is 5.56 Å². The predicted molar refractivity (Wildman–Crippen MR) is 59.1 cm³/mol. The fourth-order valence-electron chi connectivity index (χ4n) is 1.60. The van der Waals surface area contributed by atoms with Crippen molar-refractivity contribution >= 4 is 11.8 Å². The quantitative estimate of drug-likeness (QED) is 0.755. The van der Waals surface area contributed by atoms with Crippen molar-refractivity contribution in [1.29, 1.82) is 0 Å². The summed E-state index contributed by atoms with van der Waals surface area (Å²) in [6, 6.07) is 9.43. The van der Waals surface area contributed by atoms with Crippen LogP contribution in [0.4, 0.5) is 0 Å². The molecule has 1 aromatic carbocycles. The Bertz CT molecular complexity index is 451. The van der Waals surface area contributed by atoms with Crippen molar-refractivity contribution in [3.63, 3.8) is 0 Å². The number of nitrogens with zero attached hydrogens (tertiary/aromatic N) is 1. The van der Waals surface area contributed by atoms with Gasteiger partial charge in [0.05, 0.1) is 6.54 Å². The van der Waals surface area contributed by atoms with Crippen LogP contribution in [0.2, 0.25) is 0 Å². The van der Waals surface area contributed by atoms with E-state index in [0.29, 0.717) is 12.2 Å². The molecule has 0 aliphatic carbocycles. The number of amides is 2. The molecule has 82 valence electrons. The van der Waals surface area contributed by atoms with Gasteiger partial charge in [-0.05, 0) is 5.56 Å². The molecule has 0 unspecified atom stereocenters. The predicted octanol–water partition coefficient (Wildman–Crippen LogP) is 0.659. The second-order valence-corrected chi connectivity index (χ2v) is 3.52. The summed E-state index contributed by atoms with van der Waals surface area (Å²) in [4.78, 5) is 24.5. The van der Waals surface area contributed by atoms with E-state index < -0.39 is 0 Å². The van der Waals surface area contributed by atoms with Crippen molar-refractivity contribution in [1.82, 2.24) is 10.2 Å². The molecule has 1 aliphatic rings. The number of benzene rings is 1. The molecule has 1 heterocycles. The Balaban J connectivity index is 2.14. The second-order valence-electron chi connectivity index (χ2n) is 3.52. The van der Waals surface area contributed by atoms with Gasteiger partial charge < -0.3 is 5.32 Å². The second kappa shape index (κ2) is 4.18. The highest BCUT2D eigenvalue weighted by molar-refractivity contribution is 6.15. The summed E-state index contributed by atoms with van der Waals surface area (Å²) >= 11 is 0. The van der Waals surface area contributed by atoms with Crippen LogP contribution >= 0.6 is 0 Å². The lowest BCUT2D eigenvalue weighted by molar-refractivity contribution is -0.138. The molecule has 16 heavy (non-hydrogen) atoms. The number of likely N-dealkylation sites (N-methyl/N-ethyl adjacent to an activating group) is 1. The van der Waals surface area contributed by atoms with Crippen LogP contribution in [0.25, 0.3) is 0 Å². The third-order valence-electron chi connectivity index (χ3n) is 2.46. The first-order chi connectivity index (χ1) is 7.72. The zero-order valence-electron chi connectivity index (χ0n) is 8.93. The average molecular weight is 216 g/mol. The molecular formula is C12H12N2O2. The molecule has 0 bridgehead atoms. The van der Waals surface area contributed by atoms with Crippen LogP contribution in [-0.4, -0.2) is 23.8 Å². The smallest absolute Gasteiger partial charge is 0.277 e. The minimum Gasteiger partial charge on any atom is -0.383 e. The SMILES string of the molecule is CNC1=CC(=O)N(Cc2ccccc2)C1=O. The Hall–Kier alpha value is -2.10. The van der Waals surface area contributed by atoms with Gasteiger partial charge in [-0.1, -0.05) is 30.3 Å². The van der Waals surface area contributed by atoms with Crippen molar-refractivity contribution in [3.8, 4) is 0 Å². The summed E-state index contributed by atoms with van der Waals surface area (Å²) in [5.41, 5.74) is 1.29. The first-order valence-electron chi connectivity index (χ1n) is 5.01. The molecule has 0 aromatic heterocycles. The van der Waals surface area contributed by atoms with Gasteiger partial charge in [0.15, 0.2) is 0 Å². The van der Waals surface area contributed by atoms with Crippen LogP contribution in [-0.2, 0) is 16.1 Å². The summed E-state index contributed by atoms with van der Waals surface area (Å²) in [5, 5.41) is 2.71. The molecule has 4 nitrogen and oxygen atoms in total. The van der Waals surface area contributed by atoms with Gasteiger partial charge in [-0.2, -0.15) is 0 Å². The Labute approximate surface area is 93.6 Å². The third kappa shape index (κ3) is 1.82. The number of nitrogens with one attached hydrogen (secondary N) is 1. The van der Waals surface area contributed by atoms with Gasteiger partial charge in [0.25, 0.3) is 11.8 Å². The maximum absolute atomic E-state index is 11.7. The van der Waals surface area contributed by atoms with Gasteiger partial charge in [-0.15, -0.1) is 0 Å². The van der Waals surface area contributed by atoms with E-state index in [1.165, 1.54) is 11.0 Å². The summed E-state index contributed by atoms with van der Waals surface area (Å²) in [7, 11) is 1.63. The third-order valence-corrected chi connectivity index (χ3v) is 2.46. The Morgan fingerprint density at radius 1 is 1.19 bits per heavy atom. The first-order valence-corrected chi connectivity index (χ1v) is 5.01. The molecule has 0 saturated carbocycles. The van der Waals surface area contributed by atoms with Crippen molar-refractivity contribution in [3.05, 3.63) is 47.7 Å². The number of carbonyl (C=O) groups is 2. The summed E-state index contributed by atoms with van der Waals surface area (Å²) in [5.74, 6) is -0.533. The minimum absolute atomic E-state index is 0.266. The standard InChI is InChI=1S/C12H12N2O2/c1-13-10-7-11(15)14(12(10)16)8-9-5-3-2-4-6-9/h2-7,13H,8H2,1H3. The average Bonchev–Trinajstić information content (AvgIpc) is 2.58. The zero-order valence-corrected chi connectivity index (χ0v) is 8.93. The lowest BCUT2D eigenvalue weighted by atomic mass is 10.2. The lowest BCUT2D eigenvalue weighted by Crippen LogP contribution is -2.32. The Morgan fingerprint density at radius 2 is 1.88 bits per heavy atom. The van der Waals surface area contributed by atoms with Crippen LogP contribution in [0, 0.1) is 0 Å². The van der Waals surface area contributed by atoms with Crippen LogP contribution in [0.3, 0.4) is 0 Å². The zero-order chi connectivity index (χ0) is 11.5. The topological polar surface area (TPSA) is 49.4 Å². The highest BCUT2D eigenvalue weighted by Gasteiger charge is 2.30. The van der Waals surface area contributed by atoms with Crippen molar-refractivity contribution in [2.24, 2.45) is 0 Å². The van der Waals surface area contributed by atoms with Crippen molar-refractivity contribution in [2.75, 3.05) is 7.05 Å². The van der Waals surface area contributed by atoms with E-state index in [-0.39, 0.29) is 11.8 Å². The van der Waals surface area contributed by atoms with E-state index in [1.807, 2.05) is 30.3 Å². The molecule has 0 radical (unpaired) electrons. The van der Waals surface area contributed by atoms with Gasteiger partial charge in [0.1, 0.15) is 5.70 Å². The fourth-order valence-corrected chi connectivity index (χ4v) is 1.60. The molecule has 1 aromatic rings. The van der Waals surface area contributed by atoms with Gasteiger partial charge in [0.2, 0.25) is 0 Å². The number of carbonyl (C=O) groups excluding carboxylic acids is 2. The Morgan fingerprint density at radius 3 is 2.44 bits per heavy atom. The fraction of sp³-hybridized carbons (Fsp3) is 0.167. The molecule has 4 heteroatoms. The van der Waals surface area contributed by atoms with E-state index >= 15 is 0 Å². The van der Waals surface area contributed by atoms with E-state index in [2.05, 4.69) is 5.32 Å². The summed E-state index contributed by atoms with van der Waals surface area (Å²) < 4.78 is 0. The maximum Gasteiger partial charge on any atom is 0.277 e. The van der Waals surface area contributed by atoms with Gasteiger partial charge in [0, 0.05) is 13.1 Å². The minimum atomic E-state index is -0.267. The highest BCUT2D eigenvalue weighted by Crippen LogP contribution is 2.14. The Kier molecular flexibility index (Phi) is 2.72. The number of rotatable bonds is 3.